The number of hydrogen-bond donors (Lipinski definition) is 0. The molecule has 0 bridgehead atoms. The van der Waals surface area contributed by atoms with Crippen LogP contribution in [0.15, 0.2) is 59.5 Å². The van der Waals surface area contributed by atoms with Crippen LogP contribution in [-0.4, -0.2) is 31.8 Å². The Kier molecular flexibility index (Phi) is 6.76. The second kappa shape index (κ2) is 8.59. The van der Waals surface area contributed by atoms with Crippen molar-refractivity contribution in [2.24, 2.45) is 0 Å². The van der Waals surface area contributed by atoms with E-state index in [4.69, 9.17) is 4.74 Å². The molecule has 0 spiro atoms. The quantitative estimate of drug-likeness (QED) is 0.472. The van der Waals surface area contributed by atoms with E-state index < -0.39 is 16.0 Å². The summed E-state index contributed by atoms with van der Waals surface area (Å²) >= 11 is 2.11. The van der Waals surface area contributed by atoms with Crippen LogP contribution in [0.3, 0.4) is 0 Å². The van der Waals surface area contributed by atoms with E-state index in [-0.39, 0.29) is 24.6 Å². The Bertz CT molecular complexity index is 776. The van der Waals surface area contributed by atoms with Gasteiger partial charge in [-0.15, -0.1) is 0 Å². The van der Waals surface area contributed by atoms with Gasteiger partial charge >= 0.3 is 5.97 Å². The van der Waals surface area contributed by atoms with Gasteiger partial charge in [0.2, 0.25) is 10.0 Å². The molecule has 0 aliphatic heterocycles. The van der Waals surface area contributed by atoms with Crippen LogP contribution in [0.5, 0.6) is 0 Å². The van der Waals surface area contributed by atoms with Crippen LogP contribution in [0.4, 0.5) is 0 Å². The highest BCUT2D eigenvalue weighted by atomic mass is 127. The lowest BCUT2D eigenvalue weighted by Crippen LogP contribution is -2.36. The molecule has 0 radical (unpaired) electrons. The van der Waals surface area contributed by atoms with Crippen molar-refractivity contribution in [2.75, 3.05) is 13.2 Å². The summed E-state index contributed by atoms with van der Waals surface area (Å²) in [7, 11) is -3.80. The zero-order chi connectivity index (χ0) is 17.6. The predicted molar refractivity (Wildman–Crippen MR) is 99.8 cm³/mol. The molecule has 0 unspecified atom stereocenters. The van der Waals surface area contributed by atoms with Crippen molar-refractivity contribution in [3.8, 4) is 0 Å². The second-order valence-electron chi connectivity index (χ2n) is 5.02. The number of nitrogens with zero attached hydrogens (tertiary/aromatic N) is 1. The average Bonchev–Trinajstić information content (AvgIpc) is 2.56. The largest absolute Gasteiger partial charge is 0.465 e. The van der Waals surface area contributed by atoms with Crippen molar-refractivity contribution in [3.05, 3.63) is 63.7 Å². The smallest absolute Gasteiger partial charge is 0.321 e. The van der Waals surface area contributed by atoms with E-state index in [1.165, 1.54) is 0 Å². The fourth-order valence-electron chi connectivity index (χ4n) is 2.12. The minimum atomic E-state index is -3.80. The molecule has 128 valence electrons. The summed E-state index contributed by atoms with van der Waals surface area (Å²) in [5, 5.41) is 0. The Balaban J connectivity index is 2.32. The van der Waals surface area contributed by atoms with E-state index in [2.05, 4.69) is 22.6 Å². The Hall–Kier alpha value is -1.45. The van der Waals surface area contributed by atoms with Crippen molar-refractivity contribution in [3.63, 3.8) is 0 Å². The molecule has 2 aromatic rings. The van der Waals surface area contributed by atoms with E-state index in [1.54, 1.807) is 31.2 Å². The number of carbonyl (C=O) groups is 1. The first-order chi connectivity index (χ1) is 11.4. The fraction of sp³-hybridized carbons (Fsp3) is 0.235. The van der Waals surface area contributed by atoms with Crippen LogP contribution >= 0.6 is 22.6 Å². The molecule has 0 saturated carbocycles. The molecule has 2 aromatic carbocycles. The van der Waals surface area contributed by atoms with Crippen molar-refractivity contribution in [2.45, 2.75) is 18.4 Å². The summed E-state index contributed by atoms with van der Waals surface area (Å²) < 4.78 is 32.8. The van der Waals surface area contributed by atoms with Crippen LogP contribution < -0.4 is 0 Å². The minimum Gasteiger partial charge on any atom is -0.465 e. The van der Waals surface area contributed by atoms with Crippen LogP contribution in [0, 0.1) is 3.57 Å². The summed E-state index contributed by atoms with van der Waals surface area (Å²) in [6.07, 6.45) is 0. The third-order valence-electron chi connectivity index (χ3n) is 3.26. The Morgan fingerprint density at radius 1 is 1.08 bits per heavy atom. The number of carbonyl (C=O) groups excluding carboxylic acids is 1. The van der Waals surface area contributed by atoms with E-state index in [1.807, 2.05) is 30.3 Å². The molecule has 0 N–H and O–H groups in total. The van der Waals surface area contributed by atoms with Gasteiger partial charge in [-0.05, 0) is 59.3 Å². The van der Waals surface area contributed by atoms with Crippen molar-refractivity contribution >= 4 is 38.6 Å². The topological polar surface area (TPSA) is 63.7 Å². The number of hydrogen-bond acceptors (Lipinski definition) is 4. The van der Waals surface area contributed by atoms with Gasteiger partial charge in [0.25, 0.3) is 0 Å². The molecule has 0 aromatic heterocycles. The lowest BCUT2D eigenvalue weighted by Gasteiger charge is -2.21. The second-order valence-corrected chi connectivity index (χ2v) is 8.20. The zero-order valence-electron chi connectivity index (χ0n) is 13.2. The van der Waals surface area contributed by atoms with E-state index in [0.29, 0.717) is 0 Å². The van der Waals surface area contributed by atoms with Crippen LogP contribution in [0.25, 0.3) is 0 Å². The predicted octanol–water partition coefficient (Wildman–Crippen LogP) is 3.05. The minimum absolute atomic E-state index is 0.105. The average molecular weight is 459 g/mol. The monoisotopic (exact) mass is 459 g/mol. The molecular formula is C17H18INO4S. The number of benzene rings is 2. The molecule has 0 fully saturated rings. The summed E-state index contributed by atoms with van der Waals surface area (Å²) in [5.41, 5.74) is 0.802. The van der Waals surface area contributed by atoms with E-state index in [9.17, 15) is 13.2 Å². The summed E-state index contributed by atoms with van der Waals surface area (Å²) in [6.45, 7) is 1.68. The molecule has 0 heterocycles. The van der Waals surface area contributed by atoms with Gasteiger partial charge in [-0.25, -0.2) is 8.42 Å². The standard InChI is InChI=1S/C17H18INO4S/c1-2-23-17(20)13-19(12-14-6-4-3-5-7-14)24(21,22)16-10-8-15(18)9-11-16/h3-11H,2,12-13H2,1H3. The SMILES string of the molecule is CCOC(=O)CN(Cc1ccccc1)S(=O)(=O)c1ccc(I)cc1. The first kappa shape index (κ1) is 18.9. The maximum absolute atomic E-state index is 12.9. The van der Waals surface area contributed by atoms with Gasteiger partial charge in [0, 0.05) is 10.1 Å². The van der Waals surface area contributed by atoms with Gasteiger partial charge in [0.05, 0.1) is 11.5 Å². The fourth-order valence-corrected chi connectivity index (χ4v) is 3.85. The lowest BCUT2D eigenvalue weighted by molar-refractivity contribution is -0.143. The van der Waals surface area contributed by atoms with Gasteiger partial charge in [-0.2, -0.15) is 4.31 Å². The van der Waals surface area contributed by atoms with Crippen molar-refractivity contribution in [1.82, 2.24) is 4.31 Å². The number of ether oxygens (including phenoxy) is 1. The van der Waals surface area contributed by atoms with E-state index in [0.717, 1.165) is 13.4 Å². The Morgan fingerprint density at radius 3 is 2.29 bits per heavy atom. The molecule has 24 heavy (non-hydrogen) atoms. The first-order valence-electron chi connectivity index (χ1n) is 7.38. The summed E-state index contributed by atoms with van der Waals surface area (Å²) in [6, 6.07) is 15.7. The van der Waals surface area contributed by atoms with Crippen LogP contribution in [0.1, 0.15) is 12.5 Å². The highest BCUT2D eigenvalue weighted by Gasteiger charge is 2.27. The Morgan fingerprint density at radius 2 is 1.71 bits per heavy atom. The third-order valence-corrected chi connectivity index (χ3v) is 5.79. The third kappa shape index (κ3) is 5.02. The van der Waals surface area contributed by atoms with Gasteiger partial charge < -0.3 is 4.74 Å². The Labute approximate surface area is 155 Å². The van der Waals surface area contributed by atoms with Crippen molar-refractivity contribution < 1.29 is 17.9 Å². The molecular weight excluding hydrogens is 441 g/mol. The highest BCUT2D eigenvalue weighted by Crippen LogP contribution is 2.19. The maximum atomic E-state index is 12.9. The van der Waals surface area contributed by atoms with E-state index >= 15 is 0 Å². The van der Waals surface area contributed by atoms with Gasteiger partial charge in [0.1, 0.15) is 6.54 Å². The number of halogens is 1. The normalized spacial score (nSPS) is 11.5. The van der Waals surface area contributed by atoms with Crippen molar-refractivity contribution in [1.29, 1.82) is 0 Å². The van der Waals surface area contributed by atoms with Crippen LogP contribution in [0.2, 0.25) is 0 Å². The van der Waals surface area contributed by atoms with Gasteiger partial charge in [-0.1, -0.05) is 30.3 Å². The number of rotatable bonds is 7. The summed E-state index contributed by atoms with van der Waals surface area (Å²) in [4.78, 5) is 12.0. The molecule has 0 amide bonds. The highest BCUT2D eigenvalue weighted by molar-refractivity contribution is 14.1. The number of sulfonamides is 1. The summed E-state index contributed by atoms with van der Waals surface area (Å²) in [5.74, 6) is -0.567. The molecule has 0 aliphatic carbocycles. The molecule has 0 saturated heterocycles. The first-order valence-corrected chi connectivity index (χ1v) is 9.90. The van der Waals surface area contributed by atoms with Gasteiger partial charge in [0.15, 0.2) is 0 Å². The lowest BCUT2D eigenvalue weighted by atomic mass is 10.2. The molecule has 0 aliphatic rings. The molecule has 2 rings (SSSR count). The van der Waals surface area contributed by atoms with Gasteiger partial charge in [-0.3, -0.25) is 4.79 Å². The zero-order valence-corrected chi connectivity index (χ0v) is 16.2. The maximum Gasteiger partial charge on any atom is 0.321 e. The molecule has 7 heteroatoms. The molecule has 5 nitrogen and oxygen atoms in total. The van der Waals surface area contributed by atoms with Crippen LogP contribution in [-0.2, 0) is 26.1 Å². The number of esters is 1. The molecule has 0 atom stereocenters.